The third-order valence-electron chi connectivity index (χ3n) is 2.36. The van der Waals surface area contributed by atoms with Crippen LogP contribution in [-0.2, 0) is 12.7 Å². The van der Waals surface area contributed by atoms with Gasteiger partial charge in [0.05, 0.1) is 11.0 Å². The summed E-state index contributed by atoms with van der Waals surface area (Å²) in [5.41, 5.74) is 0.931. The number of fused-ring (bicyclic) bond motifs is 1. The molecule has 2 aromatic rings. The number of rotatable bonds is 2. The van der Waals surface area contributed by atoms with E-state index in [1.54, 1.807) is 24.3 Å². The highest BCUT2D eigenvalue weighted by atomic mass is 19.4. The number of para-hydroxylation sites is 2. The Morgan fingerprint density at radius 3 is 2.56 bits per heavy atom. The fraction of sp³-hybridized carbons (Fsp3) is 0.364. The summed E-state index contributed by atoms with van der Waals surface area (Å²) < 4.78 is 39.4. The van der Waals surface area contributed by atoms with E-state index in [1.165, 1.54) is 4.57 Å². The summed E-state index contributed by atoms with van der Waals surface area (Å²) in [4.78, 5) is 3.64. The van der Waals surface area contributed by atoms with Gasteiger partial charge in [-0.05, 0) is 18.6 Å². The van der Waals surface area contributed by atoms with Crippen molar-refractivity contribution in [1.29, 1.82) is 0 Å². The molecule has 1 aromatic carbocycles. The first-order valence-corrected chi connectivity index (χ1v) is 5.06. The van der Waals surface area contributed by atoms with Gasteiger partial charge in [-0.1, -0.05) is 19.1 Å². The van der Waals surface area contributed by atoms with Crippen LogP contribution in [0.1, 0.15) is 19.2 Å². The number of alkyl halides is 3. The molecule has 5 heteroatoms. The predicted molar refractivity (Wildman–Crippen MR) is 55.0 cm³/mol. The van der Waals surface area contributed by atoms with Crippen molar-refractivity contribution < 1.29 is 13.2 Å². The van der Waals surface area contributed by atoms with Gasteiger partial charge >= 0.3 is 6.18 Å². The second-order valence-corrected chi connectivity index (χ2v) is 3.57. The van der Waals surface area contributed by atoms with Gasteiger partial charge in [0.25, 0.3) is 0 Å². The Kier molecular flexibility index (Phi) is 2.61. The summed E-state index contributed by atoms with van der Waals surface area (Å²) in [5.74, 6) is -0.810. The maximum absolute atomic E-state index is 12.7. The molecule has 0 atom stereocenters. The van der Waals surface area contributed by atoms with Gasteiger partial charge in [0.1, 0.15) is 0 Å². The van der Waals surface area contributed by atoms with Gasteiger partial charge in [0.15, 0.2) is 0 Å². The Morgan fingerprint density at radius 2 is 1.94 bits per heavy atom. The highest BCUT2D eigenvalue weighted by Gasteiger charge is 2.37. The summed E-state index contributed by atoms with van der Waals surface area (Å²) in [6, 6.07) is 6.66. The molecular weight excluding hydrogens is 217 g/mol. The van der Waals surface area contributed by atoms with Crippen LogP contribution in [0.5, 0.6) is 0 Å². The molecule has 2 nitrogen and oxygen atoms in total. The van der Waals surface area contributed by atoms with E-state index in [0.717, 1.165) is 0 Å². The maximum atomic E-state index is 12.7. The molecular formula is C11H11F3N2. The zero-order chi connectivity index (χ0) is 11.8. The third-order valence-corrected chi connectivity index (χ3v) is 2.36. The van der Waals surface area contributed by atoms with Gasteiger partial charge < -0.3 is 4.57 Å². The Hall–Kier alpha value is -1.52. The van der Waals surface area contributed by atoms with E-state index in [-0.39, 0.29) is 0 Å². The van der Waals surface area contributed by atoms with Crippen LogP contribution in [0.15, 0.2) is 24.3 Å². The fourth-order valence-electron chi connectivity index (χ4n) is 1.74. The lowest BCUT2D eigenvalue weighted by atomic mass is 10.3. The van der Waals surface area contributed by atoms with Crippen LogP contribution >= 0.6 is 0 Å². The standard InChI is InChI=1S/C11H11F3N2/c1-2-7-16-9-6-4-3-5-8(9)15-10(16)11(12,13)14/h3-6H,2,7H2,1H3. The molecule has 0 unspecified atom stereocenters. The van der Waals surface area contributed by atoms with E-state index in [4.69, 9.17) is 0 Å². The number of benzene rings is 1. The van der Waals surface area contributed by atoms with E-state index in [1.807, 2.05) is 6.92 Å². The molecule has 0 N–H and O–H groups in total. The Balaban J connectivity index is 2.68. The van der Waals surface area contributed by atoms with Crippen LogP contribution < -0.4 is 0 Å². The van der Waals surface area contributed by atoms with Crippen LogP contribution in [0.4, 0.5) is 13.2 Å². The SMILES string of the molecule is CCCn1c(C(F)(F)F)nc2ccccc21. The number of halogens is 3. The molecule has 0 aliphatic rings. The van der Waals surface area contributed by atoms with Gasteiger partial charge in [-0.2, -0.15) is 13.2 Å². The molecule has 1 aromatic heterocycles. The number of nitrogens with zero attached hydrogens (tertiary/aromatic N) is 2. The molecule has 0 radical (unpaired) electrons. The van der Waals surface area contributed by atoms with E-state index in [0.29, 0.717) is 24.0 Å². The van der Waals surface area contributed by atoms with E-state index >= 15 is 0 Å². The predicted octanol–water partition coefficient (Wildman–Crippen LogP) is 3.47. The van der Waals surface area contributed by atoms with E-state index in [2.05, 4.69) is 4.98 Å². The maximum Gasteiger partial charge on any atom is 0.449 e. The first-order chi connectivity index (χ1) is 7.54. The lowest BCUT2D eigenvalue weighted by molar-refractivity contribution is -0.146. The van der Waals surface area contributed by atoms with Gasteiger partial charge in [-0.25, -0.2) is 4.98 Å². The van der Waals surface area contributed by atoms with Crippen molar-refractivity contribution in [3.63, 3.8) is 0 Å². The average Bonchev–Trinajstić information content (AvgIpc) is 2.58. The molecule has 0 aliphatic carbocycles. The number of hydrogen-bond acceptors (Lipinski definition) is 1. The molecule has 1 heterocycles. The van der Waals surface area contributed by atoms with Crippen molar-refractivity contribution in [3.8, 4) is 0 Å². The summed E-state index contributed by atoms with van der Waals surface area (Å²) in [6.07, 6.45) is -3.75. The number of aromatic nitrogens is 2. The normalized spacial score (nSPS) is 12.2. The van der Waals surface area contributed by atoms with Gasteiger partial charge in [-0.3, -0.25) is 0 Å². The van der Waals surface area contributed by atoms with E-state index in [9.17, 15) is 13.2 Å². The van der Waals surface area contributed by atoms with Crippen molar-refractivity contribution in [2.24, 2.45) is 0 Å². The molecule has 0 amide bonds. The number of imidazole rings is 1. The highest BCUT2D eigenvalue weighted by molar-refractivity contribution is 5.76. The smallest absolute Gasteiger partial charge is 0.320 e. The van der Waals surface area contributed by atoms with Crippen molar-refractivity contribution >= 4 is 11.0 Å². The first kappa shape index (κ1) is 11.0. The van der Waals surface area contributed by atoms with Crippen molar-refractivity contribution in [3.05, 3.63) is 30.1 Å². The van der Waals surface area contributed by atoms with Crippen LogP contribution in [0.3, 0.4) is 0 Å². The lowest BCUT2D eigenvalue weighted by Gasteiger charge is -2.09. The van der Waals surface area contributed by atoms with Crippen LogP contribution in [0.2, 0.25) is 0 Å². The van der Waals surface area contributed by atoms with Crippen molar-refractivity contribution in [2.45, 2.75) is 26.1 Å². The average molecular weight is 228 g/mol. The molecule has 0 saturated carbocycles. The third kappa shape index (κ3) is 1.77. The summed E-state index contributed by atoms with van der Waals surface area (Å²) in [6.45, 7) is 2.17. The Labute approximate surface area is 90.7 Å². The topological polar surface area (TPSA) is 17.8 Å². The van der Waals surface area contributed by atoms with Crippen molar-refractivity contribution in [2.75, 3.05) is 0 Å². The van der Waals surface area contributed by atoms with Gasteiger partial charge in [0, 0.05) is 6.54 Å². The molecule has 16 heavy (non-hydrogen) atoms. The minimum absolute atomic E-state index is 0.329. The number of aryl methyl sites for hydroxylation is 1. The molecule has 0 aliphatic heterocycles. The Morgan fingerprint density at radius 1 is 1.25 bits per heavy atom. The molecule has 0 saturated heterocycles. The summed E-state index contributed by atoms with van der Waals surface area (Å²) in [7, 11) is 0. The number of hydrogen-bond donors (Lipinski definition) is 0. The zero-order valence-electron chi connectivity index (χ0n) is 8.75. The minimum Gasteiger partial charge on any atom is -0.320 e. The Bertz CT molecular complexity index is 499. The highest BCUT2D eigenvalue weighted by Crippen LogP contribution is 2.31. The second-order valence-electron chi connectivity index (χ2n) is 3.57. The quantitative estimate of drug-likeness (QED) is 0.769. The van der Waals surface area contributed by atoms with Crippen LogP contribution in [-0.4, -0.2) is 9.55 Å². The van der Waals surface area contributed by atoms with Crippen LogP contribution in [0.25, 0.3) is 11.0 Å². The molecule has 0 fully saturated rings. The zero-order valence-corrected chi connectivity index (χ0v) is 8.75. The van der Waals surface area contributed by atoms with E-state index < -0.39 is 12.0 Å². The summed E-state index contributed by atoms with van der Waals surface area (Å²) in [5, 5.41) is 0. The molecule has 0 bridgehead atoms. The largest absolute Gasteiger partial charge is 0.449 e. The van der Waals surface area contributed by atoms with Gasteiger partial charge in [-0.15, -0.1) is 0 Å². The molecule has 86 valence electrons. The molecule has 0 spiro atoms. The van der Waals surface area contributed by atoms with Gasteiger partial charge in [0.2, 0.25) is 5.82 Å². The lowest BCUT2D eigenvalue weighted by Crippen LogP contribution is -2.14. The monoisotopic (exact) mass is 228 g/mol. The second kappa shape index (κ2) is 3.81. The van der Waals surface area contributed by atoms with Crippen LogP contribution in [0, 0.1) is 0 Å². The fourth-order valence-corrected chi connectivity index (χ4v) is 1.74. The first-order valence-electron chi connectivity index (χ1n) is 5.06. The summed E-state index contributed by atoms with van der Waals surface area (Å²) >= 11 is 0. The van der Waals surface area contributed by atoms with Crippen molar-refractivity contribution in [1.82, 2.24) is 9.55 Å². The minimum atomic E-state index is -4.39. The molecule has 2 rings (SSSR count).